The lowest BCUT2D eigenvalue weighted by molar-refractivity contribution is -0.274. The first-order valence-electron chi connectivity index (χ1n) is 12.8. The summed E-state index contributed by atoms with van der Waals surface area (Å²) in [7, 11) is 0. The molecule has 44 heavy (non-hydrogen) atoms. The van der Waals surface area contributed by atoms with E-state index in [-0.39, 0.29) is 18.1 Å². The second-order valence-corrected chi connectivity index (χ2v) is 9.53. The lowest BCUT2D eigenvalue weighted by Gasteiger charge is -2.14. The number of aromatic amines is 1. The number of rotatable bonds is 8. The smallest absolute Gasteiger partial charge is 0.488 e. The van der Waals surface area contributed by atoms with Crippen LogP contribution in [0.1, 0.15) is 27.2 Å². The van der Waals surface area contributed by atoms with E-state index in [1.807, 2.05) is 19.1 Å². The van der Waals surface area contributed by atoms with Gasteiger partial charge in [-0.3, -0.25) is 5.10 Å². The molecule has 0 amide bonds. The summed E-state index contributed by atoms with van der Waals surface area (Å²) < 4.78 is 87.4. The number of H-pyrrole nitrogens is 1. The molecule has 0 aliphatic heterocycles. The molecule has 0 spiro atoms. The number of carbonyl (C=O) groups is 1. The Kier molecular flexibility index (Phi) is 8.05. The summed E-state index contributed by atoms with van der Waals surface area (Å²) in [5.74, 6) is -1.71. The lowest BCUT2D eigenvalue weighted by Crippen LogP contribution is -2.16. The SMILES string of the molecule is Cc1cc(-c2ccc(OC(F)(F)F)cc2)ccc1COc1ccccc1-c1cccc(-c2n[nH]c(C(F)(F)F)c2C(=O)O)n1. The van der Waals surface area contributed by atoms with Gasteiger partial charge in [-0.1, -0.05) is 48.5 Å². The monoisotopic (exact) mass is 613 g/mol. The first kappa shape index (κ1) is 30.1. The predicted octanol–water partition coefficient (Wildman–Crippen LogP) is 8.31. The van der Waals surface area contributed by atoms with Gasteiger partial charge < -0.3 is 14.6 Å². The van der Waals surface area contributed by atoms with Gasteiger partial charge in [-0.05, 0) is 65.6 Å². The Bertz CT molecular complexity index is 1810. The first-order chi connectivity index (χ1) is 20.8. The van der Waals surface area contributed by atoms with Crippen molar-refractivity contribution in [2.45, 2.75) is 26.1 Å². The third-order valence-electron chi connectivity index (χ3n) is 6.57. The van der Waals surface area contributed by atoms with Crippen LogP contribution in [0.3, 0.4) is 0 Å². The lowest BCUT2D eigenvalue weighted by atomic mass is 10.00. The summed E-state index contributed by atoms with van der Waals surface area (Å²) in [5, 5.41) is 14.8. The van der Waals surface area contributed by atoms with Crippen LogP contribution in [0, 0.1) is 6.92 Å². The highest BCUT2D eigenvalue weighted by Crippen LogP contribution is 2.36. The van der Waals surface area contributed by atoms with Crippen molar-refractivity contribution < 1.29 is 45.7 Å². The number of halogens is 6. The van der Waals surface area contributed by atoms with Crippen LogP contribution >= 0.6 is 0 Å². The molecule has 0 aliphatic rings. The molecule has 2 heterocycles. The Morgan fingerprint density at radius 1 is 0.864 bits per heavy atom. The summed E-state index contributed by atoms with van der Waals surface area (Å²) in [6, 6.07) is 22.4. The number of aromatic nitrogens is 3. The van der Waals surface area contributed by atoms with Crippen molar-refractivity contribution in [2.24, 2.45) is 0 Å². The molecular formula is C31H21F6N3O4. The zero-order valence-corrected chi connectivity index (χ0v) is 22.6. The number of hydrogen-bond acceptors (Lipinski definition) is 5. The van der Waals surface area contributed by atoms with E-state index < -0.39 is 35.5 Å². The van der Waals surface area contributed by atoms with Crippen LogP contribution in [0.5, 0.6) is 11.5 Å². The molecule has 13 heteroatoms. The Morgan fingerprint density at radius 2 is 1.55 bits per heavy atom. The molecule has 3 aromatic carbocycles. The summed E-state index contributed by atoms with van der Waals surface area (Å²) >= 11 is 0. The number of carboxylic acid groups (broad SMARTS) is 1. The Balaban J connectivity index is 1.37. The number of carboxylic acids is 1. The van der Waals surface area contributed by atoms with Gasteiger partial charge in [-0.2, -0.15) is 18.3 Å². The average molecular weight is 614 g/mol. The molecule has 7 nitrogen and oxygen atoms in total. The van der Waals surface area contributed by atoms with Crippen molar-refractivity contribution in [3.63, 3.8) is 0 Å². The van der Waals surface area contributed by atoms with Crippen LogP contribution in [-0.4, -0.2) is 32.6 Å². The second-order valence-electron chi connectivity index (χ2n) is 9.53. The molecule has 226 valence electrons. The number of ether oxygens (including phenoxy) is 2. The van der Waals surface area contributed by atoms with Crippen LogP contribution < -0.4 is 9.47 Å². The molecule has 0 radical (unpaired) electrons. The molecule has 0 bridgehead atoms. The Hall–Kier alpha value is -5.33. The standard InChI is InChI=1S/C31H21F6N3O4/c1-17-15-19(18-11-13-21(14-12-18)44-31(35,36)37)9-10-20(17)16-43-25-8-3-2-5-22(25)23-6-4-7-24(38-23)27-26(29(41)42)28(40-39-27)30(32,33)34/h2-15H,16H2,1H3,(H,39,40)(H,41,42). The highest BCUT2D eigenvalue weighted by molar-refractivity contribution is 5.96. The molecule has 5 aromatic rings. The Labute approximate surface area is 245 Å². The predicted molar refractivity (Wildman–Crippen MR) is 147 cm³/mol. The van der Waals surface area contributed by atoms with Crippen LogP contribution in [0.25, 0.3) is 33.8 Å². The molecule has 5 rings (SSSR count). The van der Waals surface area contributed by atoms with Gasteiger partial charge in [0.15, 0.2) is 5.69 Å². The minimum Gasteiger partial charge on any atom is -0.488 e. The first-order valence-corrected chi connectivity index (χ1v) is 12.8. The van der Waals surface area contributed by atoms with Gasteiger partial charge in [0.05, 0.1) is 11.4 Å². The fourth-order valence-electron chi connectivity index (χ4n) is 4.50. The van der Waals surface area contributed by atoms with E-state index in [1.165, 1.54) is 36.4 Å². The fourth-order valence-corrected chi connectivity index (χ4v) is 4.50. The average Bonchev–Trinajstić information content (AvgIpc) is 3.43. The van der Waals surface area contributed by atoms with Crippen LogP contribution in [0.15, 0.2) is 84.9 Å². The van der Waals surface area contributed by atoms with E-state index in [0.29, 0.717) is 22.6 Å². The fraction of sp³-hybridized carbons (Fsp3) is 0.129. The van der Waals surface area contributed by atoms with Gasteiger partial charge in [-0.15, -0.1) is 13.2 Å². The molecule has 0 saturated carbocycles. The van der Waals surface area contributed by atoms with Crippen molar-refractivity contribution in [3.8, 4) is 45.3 Å². The molecule has 2 aromatic heterocycles. The maximum absolute atomic E-state index is 13.3. The quantitative estimate of drug-likeness (QED) is 0.171. The normalized spacial score (nSPS) is 11.8. The molecule has 0 saturated heterocycles. The number of hydrogen-bond donors (Lipinski definition) is 2. The molecule has 0 aliphatic carbocycles. The van der Waals surface area contributed by atoms with E-state index in [2.05, 4.69) is 14.8 Å². The summed E-state index contributed by atoms with van der Waals surface area (Å²) in [4.78, 5) is 16.1. The summed E-state index contributed by atoms with van der Waals surface area (Å²) in [6.45, 7) is 2.00. The highest BCUT2D eigenvalue weighted by Gasteiger charge is 2.40. The molecule has 2 N–H and O–H groups in total. The largest absolute Gasteiger partial charge is 0.573 e. The van der Waals surface area contributed by atoms with Gasteiger partial charge >= 0.3 is 18.5 Å². The van der Waals surface area contributed by atoms with Crippen LogP contribution in [0.2, 0.25) is 0 Å². The summed E-state index contributed by atoms with van der Waals surface area (Å²) in [6.07, 6.45) is -9.73. The zero-order chi connectivity index (χ0) is 31.6. The highest BCUT2D eigenvalue weighted by atomic mass is 19.4. The van der Waals surface area contributed by atoms with E-state index in [4.69, 9.17) is 4.74 Å². The number of aromatic carboxylic acids is 1. The second kappa shape index (κ2) is 11.7. The van der Waals surface area contributed by atoms with Crippen molar-refractivity contribution in [1.82, 2.24) is 15.2 Å². The van der Waals surface area contributed by atoms with E-state index in [9.17, 15) is 36.2 Å². The third kappa shape index (κ3) is 6.66. The number of aryl methyl sites for hydroxylation is 1. The van der Waals surface area contributed by atoms with E-state index in [1.54, 1.807) is 41.5 Å². The van der Waals surface area contributed by atoms with Gasteiger partial charge in [0.2, 0.25) is 0 Å². The Morgan fingerprint density at radius 3 is 2.20 bits per heavy atom. The molecule has 0 fully saturated rings. The summed E-state index contributed by atoms with van der Waals surface area (Å²) in [5.41, 5.74) is 0.927. The van der Waals surface area contributed by atoms with Crippen molar-refractivity contribution in [3.05, 3.63) is 107 Å². The maximum Gasteiger partial charge on any atom is 0.573 e. The van der Waals surface area contributed by atoms with Crippen molar-refractivity contribution in [1.29, 1.82) is 0 Å². The number of pyridine rings is 1. The van der Waals surface area contributed by atoms with Crippen LogP contribution in [-0.2, 0) is 12.8 Å². The maximum atomic E-state index is 13.3. The van der Waals surface area contributed by atoms with Crippen molar-refractivity contribution in [2.75, 3.05) is 0 Å². The minimum atomic E-state index is -4.95. The van der Waals surface area contributed by atoms with Crippen molar-refractivity contribution >= 4 is 5.97 Å². The van der Waals surface area contributed by atoms with Crippen LogP contribution in [0.4, 0.5) is 26.3 Å². The number of benzene rings is 3. The molecular weight excluding hydrogens is 592 g/mol. The van der Waals surface area contributed by atoms with E-state index in [0.717, 1.165) is 16.7 Å². The molecule has 0 atom stereocenters. The zero-order valence-electron chi connectivity index (χ0n) is 22.6. The van der Waals surface area contributed by atoms with E-state index >= 15 is 0 Å². The van der Waals surface area contributed by atoms with Gasteiger partial charge in [-0.25, -0.2) is 9.78 Å². The number of para-hydroxylation sites is 1. The van der Waals surface area contributed by atoms with Gasteiger partial charge in [0, 0.05) is 5.56 Å². The number of nitrogens with zero attached hydrogens (tertiary/aromatic N) is 2. The topological polar surface area (TPSA) is 97.3 Å². The third-order valence-corrected chi connectivity index (χ3v) is 6.57. The van der Waals surface area contributed by atoms with Gasteiger partial charge in [0.25, 0.3) is 0 Å². The minimum absolute atomic E-state index is 0.0779. The number of alkyl halides is 6. The molecule has 0 unspecified atom stereocenters. The number of nitrogens with one attached hydrogen (secondary N) is 1. The van der Waals surface area contributed by atoms with Gasteiger partial charge in [0.1, 0.15) is 29.4 Å².